The minimum absolute atomic E-state index is 0.249. The van der Waals surface area contributed by atoms with Gasteiger partial charge in [-0.05, 0) is 69.1 Å². The van der Waals surface area contributed by atoms with Gasteiger partial charge in [0.2, 0.25) is 0 Å². The number of benzene rings is 8. The van der Waals surface area contributed by atoms with Crippen LogP contribution in [0.4, 0.5) is 22.7 Å². The molecule has 0 aromatic heterocycles. The highest BCUT2D eigenvalue weighted by Gasteiger charge is 2.28. The van der Waals surface area contributed by atoms with Crippen LogP contribution in [0.1, 0.15) is 11.8 Å². The molecule has 9 rings (SSSR count). The Morgan fingerprint density at radius 1 is 0.457 bits per heavy atom. The number of fused-ring (bicyclic) bond motifs is 7. The smallest absolute Gasteiger partial charge is 0.196 e. The zero-order chi connectivity index (χ0) is 30.5. The highest BCUT2D eigenvalue weighted by Crippen LogP contribution is 2.50. The zero-order valence-electron chi connectivity index (χ0n) is 25.1. The average molecular weight is 591 g/mol. The molecule has 3 heteroatoms. The van der Waals surface area contributed by atoms with Gasteiger partial charge in [-0.25, -0.2) is 0 Å². The summed E-state index contributed by atoms with van der Waals surface area (Å²) in [6.45, 7) is 0. The molecule has 1 unspecified atom stereocenters. The normalized spacial score (nSPS) is 13.8. The lowest BCUT2D eigenvalue weighted by atomic mass is 9.97. The topological polar surface area (TPSA) is 24.5 Å². The van der Waals surface area contributed by atoms with Crippen LogP contribution in [-0.4, -0.2) is 0 Å². The van der Waals surface area contributed by atoms with E-state index in [1.165, 1.54) is 32.7 Å². The van der Waals surface area contributed by atoms with Crippen LogP contribution in [0.3, 0.4) is 0 Å². The highest BCUT2D eigenvalue weighted by molar-refractivity contribution is 6.18. The van der Waals surface area contributed by atoms with Crippen molar-refractivity contribution in [1.29, 1.82) is 0 Å². The van der Waals surface area contributed by atoms with E-state index in [0.717, 1.165) is 44.8 Å². The Hall–Kier alpha value is -6.06. The fourth-order valence-electron chi connectivity index (χ4n) is 6.90. The molecule has 0 saturated carbocycles. The Labute approximate surface area is 267 Å². The lowest BCUT2D eigenvalue weighted by Gasteiger charge is -2.26. The molecule has 0 saturated heterocycles. The molecule has 1 aliphatic heterocycles. The van der Waals surface area contributed by atoms with Crippen molar-refractivity contribution in [2.75, 3.05) is 10.2 Å². The van der Waals surface area contributed by atoms with Gasteiger partial charge in [0.15, 0.2) is 12.0 Å². The van der Waals surface area contributed by atoms with E-state index in [9.17, 15) is 0 Å². The van der Waals surface area contributed by atoms with Gasteiger partial charge >= 0.3 is 0 Å². The second-order valence-electron chi connectivity index (χ2n) is 11.8. The van der Waals surface area contributed by atoms with E-state index in [4.69, 9.17) is 4.74 Å². The zero-order valence-corrected chi connectivity index (χ0v) is 25.1. The van der Waals surface area contributed by atoms with Crippen molar-refractivity contribution >= 4 is 55.1 Å². The standard InChI is InChI=1S/C43H30N2O/c1-3-13-31(14-4-1)43-44-41-40-28-34(26-27-38(40)37-19-9-10-20-39(37)42(41)46-43)45(32-16-5-2-6-17-32)33-24-22-30(23-25-33)36-21-11-15-29-12-7-8-18-35(29)36/h1-28,43-44H. The summed E-state index contributed by atoms with van der Waals surface area (Å²) >= 11 is 0. The Balaban J connectivity index is 1.19. The molecule has 8 aromatic carbocycles. The van der Waals surface area contributed by atoms with Gasteiger partial charge in [-0.15, -0.1) is 0 Å². The quantitative estimate of drug-likeness (QED) is 0.202. The summed E-state index contributed by atoms with van der Waals surface area (Å²) in [6, 6.07) is 60.3. The molecule has 46 heavy (non-hydrogen) atoms. The van der Waals surface area contributed by atoms with E-state index in [1.807, 2.05) is 6.07 Å². The molecule has 0 spiro atoms. The summed E-state index contributed by atoms with van der Waals surface area (Å²) in [6.07, 6.45) is -0.249. The first kappa shape index (κ1) is 26.4. The van der Waals surface area contributed by atoms with Crippen LogP contribution in [0.5, 0.6) is 5.75 Å². The predicted octanol–water partition coefficient (Wildman–Crippen LogP) is 11.8. The van der Waals surface area contributed by atoms with Crippen LogP contribution < -0.4 is 15.0 Å². The van der Waals surface area contributed by atoms with Gasteiger partial charge in [-0.3, -0.25) is 0 Å². The van der Waals surface area contributed by atoms with E-state index < -0.39 is 0 Å². The van der Waals surface area contributed by atoms with E-state index in [-0.39, 0.29) is 6.23 Å². The summed E-state index contributed by atoms with van der Waals surface area (Å²) in [5, 5.41) is 10.9. The first-order valence-electron chi connectivity index (χ1n) is 15.7. The number of nitrogens with one attached hydrogen (secondary N) is 1. The van der Waals surface area contributed by atoms with Crippen LogP contribution in [0.2, 0.25) is 0 Å². The molecule has 218 valence electrons. The van der Waals surface area contributed by atoms with Crippen molar-refractivity contribution < 1.29 is 4.74 Å². The van der Waals surface area contributed by atoms with Gasteiger partial charge in [0, 0.05) is 33.4 Å². The Morgan fingerprint density at radius 3 is 1.87 bits per heavy atom. The molecule has 1 N–H and O–H groups in total. The molecule has 1 atom stereocenters. The van der Waals surface area contributed by atoms with Gasteiger partial charge in [-0.2, -0.15) is 0 Å². The van der Waals surface area contributed by atoms with Gasteiger partial charge in [0.1, 0.15) is 0 Å². The minimum Gasteiger partial charge on any atom is -0.464 e. The maximum absolute atomic E-state index is 6.65. The van der Waals surface area contributed by atoms with Crippen molar-refractivity contribution in [2.45, 2.75) is 6.23 Å². The summed E-state index contributed by atoms with van der Waals surface area (Å²) in [4.78, 5) is 2.33. The number of para-hydroxylation sites is 1. The molecule has 0 bridgehead atoms. The minimum atomic E-state index is -0.249. The fraction of sp³-hybridized carbons (Fsp3) is 0.0233. The fourth-order valence-corrected chi connectivity index (χ4v) is 6.90. The molecule has 1 aliphatic rings. The van der Waals surface area contributed by atoms with Gasteiger partial charge in [-0.1, -0.05) is 133 Å². The summed E-state index contributed by atoms with van der Waals surface area (Å²) < 4.78 is 6.65. The number of ether oxygens (including phenoxy) is 1. The van der Waals surface area contributed by atoms with Crippen LogP contribution >= 0.6 is 0 Å². The molecule has 0 radical (unpaired) electrons. The van der Waals surface area contributed by atoms with Gasteiger partial charge in [0.25, 0.3) is 0 Å². The van der Waals surface area contributed by atoms with E-state index in [2.05, 4.69) is 174 Å². The molecule has 3 nitrogen and oxygen atoms in total. The first-order chi connectivity index (χ1) is 22.8. The van der Waals surface area contributed by atoms with Crippen LogP contribution in [0, 0.1) is 0 Å². The molecule has 0 fully saturated rings. The lowest BCUT2D eigenvalue weighted by molar-refractivity contribution is 0.262. The number of hydrogen-bond donors (Lipinski definition) is 1. The molecule has 8 aromatic rings. The van der Waals surface area contributed by atoms with Crippen LogP contribution in [0.15, 0.2) is 170 Å². The number of rotatable bonds is 5. The van der Waals surface area contributed by atoms with Crippen molar-refractivity contribution in [2.24, 2.45) is 0 Å². The van der Waals surface area contributed by atoms with Crippen LogP contribution in [0.25, 0.3) is 43.4 Å². The predicted molar refractivity (Wildman–Crippen MR) is 193 cm³/mol. The largest absolute Gasteiger partial charge is 0.464 e. The Kier molecular flexibility index (Phi) is 6.20. The van der Waals surface area contributed by atoms with Gasteiger partial charge < -0.3 is 15.0 Å². The van der Waals surface area contributed by atoms with Crippen molar-refractivity contribution in [3.8, 4) is 16.9 Å². The van der Waals surface area contributed by atoms with Crippen molar-refractivity contribution in [3.05, 3.63) is 175 Å². The third-order valence-electron chi connectivity index (χ3n) is 9.07. The first-order valence-corrected chi connectivity index (χ1v) is 15.7. The second-order valence-corrected chi connectivity index (χ2v) is 11.8. The Morgan fingerprint density at radius 2 is 1.07 bits per heavy atom. The summed E-state index contributed by atoms with van der Waals surface area (Å²) in [5.41, 5.74) is 7.85. The molecule has 0 aliphatic carbocycles. The SMILES string of the molecule is c1ccc(C2Nc3c(c4ccccc4c4ccc(N(c5ccccc5)c5ccc(-c6cccc7ccccc67)cc5)cc34)O2)cc1. The highest BCUT2D eigenvalue weighted by atomic mass is 16.5. The maximum Gasteiger partial charge on any atom is 0.196 e. The monoisotopic (exact) mass is 590 g/mol. The lowest BCUT2D eigenvalue weighted by Crippen LogP contribution is -2.10. The molecule has 0 amide bonds. The maximum atomic E-state index is 6.65. The molecule has 1 heterocycles. The molecular formula is C43H30N2O. The summed E-state index contributed by atoms with van der Waals surface area (Å²) in [5.74, 6) is 0.903. The Bertz CT molecular complexity index is 2360. The van der Waals surface area contributed by atoms with E-state index >= 15 is 0 Å². The number of anilines is 4. The average Bonchev–Trinajstić information content (AvgIpc) is 3.59. The van der Waals surface area contributed by atoms with Crippen molar-refractivity contribution in [3.63, 3.8) is 0 Å². The van der Waals surface area contributed by atoms with Gasteiger partial charge in [0.05, 0.1) is 5.69 Å². The van der Waals surface area contributed by atoms with E-state index in [0.29, 0.717) is 0 Å². The third kappa shape index (κ3) is 4.36. The third-order valence-corrected chi connectivity index (χ3v) is 9.07. The van der Waals surface area contributed by atoms with E-state index in [1.54, 1.807) is 0 Å². The number of nitrogens with zero attached hydrogens (tertiary/aromatic N) is 1. The molecular weight excluding hydrogens is 560 g/mol. The second kappa shape index (κ2) is 10.8. The van der Waals surface area contributed by atoms with Crippen molar-refractivity contribution in [1.82, 2.24) is 0 Å². The van der Waals surface area contributed by atoms with Crippen LogP contribution in [-0.2, 0) is 0 Å². The number of hydrogen-bond acceptors (Lipinski definition) is 3. The summed E-state index contributed by atoms with van der Waals surface area (Å²) in [7, 11) is 0.